The first-order valence-corrected chi connectivity index (χ1v) is 9.81. The number of carbonyl (C=O) groups is 1. The van der Waals surface area contributed by atoms with E-state index >= 15 is 0 Å². The van der Waals surface area contributed by atoms with E-state index in [-0.39, 0.29) is 29.1 Å². The molecule has 9 heteroatoms. The summed E-state index contributed by atoms with van der Waals surface area (Å²) in [5.74, 6) is 4.55. The monoisotopic (exact) mass is 410 g/mol. The first kappa shape index (κ1) is 21.3. The molecule has 0 aliphatic carbocycles. The predicted molar refractivity (Wildman–Crippen MR) is 100 cm³/mol. The highest BCUT2D eigenvalue weighted by atomic mass is 32.2. The maximum absolute atomic E-state index is 12.7. The molecule has 5 nitrogen and oxygen atoms in total. The third kappa shape index (κ3) is 6.32. The van der Waals surface area contributed by atoms with Crippen LogP contribution in [0.3, 0.4) is 0 Å². The number of nitrogens with one attached hydrogen (secondary N) is 2. The molecular weight excluding hydrogens is 393 g/mol. The van der Waals surface area contributed by atoms with Gasteiger partial charge in [-0.1, -0.05) is 24.0 Å². The first-order chi connectivity index (χ1) is 13.1. The van der Waals surface area contributed by atoms with Crippen molar-refractivity contribution < 1.29 is 26.4 Å². The number of rotatable bonds is 5. The molecule has 0 bridgehead atoms. The highest BCUT2D eigenvalue weighted by Crippen LogP contribution is 2.29. The van der Waals surface area contributed by atoms with Crippen LogP contribution in [0.4, 0.5) is 18.9 Å². The lowest BCUT2D eigenvalue weighted by Gasteiger charge is -2.08. The molecule has 28 heavy (non-hydrogen) atoms. The molecule has 2 aromatic rings. The van der Waals surface area contributed by atoms with Gasteiger partial charge in [-0.05, 0) is 43.3 Å². The molecule has 0 aliphatic rings. The van der Waals surface area contributed by atoms with Crippen LogP contribution in [0.5, 0.6) is 0 Å². The van der Waals surface area contributed by atoms with Crippen LogP contribution in [-0.4, -0.2) is 26.6 Å². The maximum atomic E-state index is 12.7. The number of anilines is 1. The Morgan fingerprint density at radius 1 is 1.11 bits per heavy atom. The molecule has 2 rings (SSSR count). The van der Waals surface area contributed by atoms with Crippen molar-refractivity contribution >= 4 is 21.6 Å². The summed E-state index contributed by atoms with van der Waals surface area (Å²) in [6.45, 7) is 1.40. The zero-order valence-electron chi connectivity index (χ0n) is 14.8. The fraction of sp³-hybridized carbons (Fsp3) is 0.211. The summed E-state index contributed by atoms with van der Waals surface area (Å²) < 4.78 is 63.5. The van der Waals surface area contributed by atoms with E-state index in [9.17, 15) is 26.4 Å². The van der Waals surface area contributed by atoms with Crippen molar-refractivity contribution in [2.24, 2.45) is 0 Å². The number of carbonyl (C=O) groups excluding carboxylic acids is 1. The molecule has 0 unspecified atom stereocenters. The molecule has 0 heterocycles. The van der Waals surface area contributed by atoms with Crippen molar-refractivity contribution in [3.05, 3.63) is 65.2 Å². The molecule has 0 saturated carbocycles. The minimum absolute atomic E-state index is 0.0833. The van der Waals surface area contributed by atoms with Gasteiger partial charge in [-0.25, -0.2) is 8.42 Å². The minimum atomic E-state index is -4.45. The molecule has 0 saturated heterocycles. The fourth-order valence-corrected chi connectivity index (χ4v) is 2.75. The Kier molecular flexibility index (Phi) is 6.70. The Morgan fingerprint density at radius 2 is 1.82 bits per heavy atom. The van der Waals surface area contributed by atoms with E-state index in [0.717, 1.165) is 12.1 Å². The summed E-state index contributed by atoms with van der Waals surface area (Å²) in [5.41, 5.74) is -0.142. The predicted octanol–water partition coefficient (Wildman–Crippen LogP) is 3.25. The van der Waals surface area contributed by atoms with Crippen molar-refractivity contribution in [3.8, 4) is 11.8 Å². The molecule has 0 aromatic heterocycles. The summed E-state index contributed by atoms with van der Waals surface area (Å²) in [5, 5.41) is 2.51. The summed E-state index contributed by atoms with van der Waals surface area (Å²) >= 11 is 0. The summed E-state index contributed by atoms with van der Waals surface area (Å²) in [4.78, 5) is 12.1. The number of sulfonamides is 1. The van der Waals surface area contributed by atoms with Crippen LogP contribution < -0.4 is 10.0 Å². The Bertz CT molecular complexity index is 1020. The quantitative estimate of drug-likeness (QED) is 0.743. The highest BCUT2D eigenvalue weighted by Gasteiger charge is 2.30. The Morgan fingerprint density at radius 3 is 2.50 bits per heavy atom. The van der Waals surface area contributed by atoms with Gasteiger partial charge in [-0.3, -0.25) is 9.52 Å². The van der Waals surface area contributed by atoms with Gasteiger partial charge in [0.2, 0.25) is 10.0 Å². The van der Waals surface area contributed by atoms with Crippen molar-refractivity contribution in [2.75, 3.05) is 17.0 Å². The van der Waals surface area contributed by atoms with Gasteiger partial charge in [0.15, 0.2) is 0 Å². The Balaban J connectivity index is 2.00. The van der Waals surface area contributed by atoms with Crippen molar-refractivity contribution in [1.82, 2.24) is 5.32 Å². The van der Waals surface area contributed by atoms with Crippen LogP contribution in [-0.2, 0) is 16.2 Å². The minimum Gasteiger partial charge on any atom is -0.341 e. The van der Waals surface area contributed by atoms with E-state index in [0.29, 0.717) is 0 Å². The number of hydrogen-bond acceptors (Lipinski definition) is 3. The Labute approximate surface area is 161 Å². The third-order valence-electron chi connectivity index (χ3n) is 3.54. The van der Waals surface area contributed by atoms with Gasteiger partial charge in [0.05, 0.1) is 17.9 Å². The fourth-order valence-electron chi connectivity index (χ4n) is 2.12. The van der Waals surface area contributed by atoms with Crippen LogP contribution in [0.2, 0.25) is 0 Å². The molecule has 148 valence electrons. The second-order valence-corrected chi connectivity index (χ2v) is 7.66. The second kappa shape index (κ2) is 8.80. The van der Waals surface area contributed by atoms with E-state index in [1.54, 1.807) is 0 Å². The molecule has 2 N–H and O–H groups in total. The van der Waals surface area contributed by atoms with Crippen molar-refractivity contribution in [2.45, 2.75) is 13.1 Å². The number of hydrogen-bond donors (Lipinski definition) is 2. The first-order valence-electron chi connectivity index (χ1n) is 8.15. The van der Waals surface area contributed by atoms with Gasteiger partial charge in [-0.2, -0.15) is 13.2 Å². The third-order valence-corrected chi connectivity index (χ3v) is 4.84. The van der Waals surface area contributed by atoms with Gasteiger partial charge in [-0.15, -0.1) is 0 Å². The lowest BCUT2D eigenvalue weighted by atomic mass is 10.1. The molecule has 0 atom stereocenters. The molecule has 0 fully saturated rings. The summed E-state index contributed by atoms with van der Waals surface area (Å²) in [7, 11) is -3.46. The van der Waals surface area contributed by atoms with Gasteiger partial charge in [0.25, 0.3) is 5.91 Å². The van der Waals surface area contributed by atoms with E-state index in [1.807, 2.05) is 0 Å². The Hall–Kier alpha value is -2.99. The largest absolute Gasteiger partial charge is 0.416 e. The second-order valence-electron chi connectivity index (χ2n) is 5.65. The summed E-state index contributed by atoms with van der Waals surface area (Å²) in [6.07, 6.45) is -4.45. The SMILES string of the molecule is CCS(=O)(=O)Nc1cccc(C(=O)NCC#Cc2cccc(C(F)(F)F)c2)c1. The van der Waals surface area contributed by atoms with E-state index in [1.165, 1.54) is 43.3 Å². The van der Waals surface area contributed by atoms with Gasteiger partial charge in [0.1, 0.15) is 0 Å². The maximum Gasteiger partial charge on any atom is 0.416 e. The normalized spacial score (nSPS) is 11.3. The molecular formula is C19H17F3N2O3S. The lowest BCUT2D eigenvalue weighted by Crippen LogP contribution is -2.24. The van der Waals surface area contributed by atoms with E-state index in [4.69, 9.17) is 0 Å². The van der Waals surface area contributed by atoms with Crippen LogP contribution in [0.15, 0.2) is 48.5 Å². The summed E-state index contributed by atoms with van der Waals surface area (Å²) in [6, 6.07) is 10.5. The van der Waals surface area contributed by atoms with Crippen molar-refractivity contribution in [1.29, 1.82) is 0 Å². The molecule has 2 aromatic carbocycles. The lowest BCUT2D eigenvalue weighted by molar-refractivity contribution is -0.137. The number of halogens is 3. The molecule has 1 amide bonds. The van der Waals surface area contributed by atoms with Crippen LogP contribution in [0, 0.1) is 11.8 Å². The van der Waals surface area contributed by atoms with E-state index in [2.05, 4.69) is 21.9 Å². The standard InChI is InChI=1S/C19H17F3N2O3S/c1-2-28(26,27)24-17-10-4-8-15(13-17)18(25)23-11-5-7-14-6-3-9-16(12-14)19(20,21)22/h3-4,6,8-10,12-13,24H,2,11H2,1H3,(H,23,25). The van der Waals surface area contributed by atoms with Gasteiger partial charge < -0.3 is 5.32 Å². The average molecular weight is 410 g/mol. The van der Waals surface area contributed by atoms with Crippen LogP contribution in [0.25, 0.3) is 0 Å². The molecule has 0 spiro atoms. The van der Waals surface area contributed by atoms with E-state index < -0.39 is 27.7 Å². The zero-order valence-corrected chi connectivity index (χ0v) is 15.6. The molecule has 0 aliphatic heterocycles. The number of amides is 1. The topological polar surface area (TPSA) is 75.3 Å². The average Bonchev–Trinajstić information content (AvgIpc) is 2.64. The van der Waals surface area contributed by atoms with Crippen molar-refractivity contribution in [3.63, 3.8) is 0 Å². The zero-order chi connectivity index (χ0) is 20.8. The van der Waals surface area contributed by atoms with Crippen LogP contribution >= 0.6 is 0 Å². The van der Waals surface area contributed by atoms with Crippen LogP contribution in [0.1, 0.15) is 28.4 Å². The number of benzene rings is 2. The van der Waals surface area contributed by atoms with Gasteiger partial charge in [0, 0.05) is 16.8 Å². The smallest absolute Gasteiger partial charge is 0.341 e. The molecule has 0 radical (unpaired) electrons. The number of alkyl halides is 3. The highest BCUT2D eigenvalue weighted by molar-refractivity contribution is 7.92. The van der Waals surface area contributed by atoms with Gasteiger partial charge >= 0.3 is 6.18 Å².